The Labute approximate surface area is 117 Å². The summed E-state index contributed by atoms with van der Waals surface area (Å²) in [5, 5.41) is 9.13. The number of rotatable bonds is 6. The highest BCUT2D eigenvalue weighted by molar-refractivity contribution is 6.74. The first-order valence-electron chi connectivity index (χ1n) is 6.81. The molecule has 19 heavy (non-hydrogen) atoms. The quantitative estimate of drug-likeness (QED) is 0.815. The third kappa shape index (κ3) is 5.01. The van der Waals surface area contributed by atoms with Gasteiger partial charge in [0.2, 0.25) is 0 Å². The second-order valence-corrected chi connectivity index (χ2v) is 11.1. The fraction of sp³-hybridized carbons (Fsp3) is 0.714. The summed E-state index contributed by atoms with van der Waals surface area (Å²) in [6.07, 6.45) is 4.81. The van der Waals surface area contributed by atoms with Gasteiger partial charge in [0.05, 0.1) is 11.4 Å². The van der Waals surface area contributed by atoms with Crippen LogP contribution in [0.4, 0.5) is 0 Å². The van der Waals surface area contributed by atoms with Gasteiger partial charge in [0.15, 0.2) is 8.32 Å². The lowest BCUT2D eigenvalue weighted by Crippen LogP contribution is -2.41. The van der Waals surface area contributed by atoms with Crippen molar-refractivity contribution in [2.24, 2.45) is 0 Å². The van der Waals surface area contributed by atoms with Crippen LogP contribution in [0.25, 0.3) is 0 Å². The Balaban J connectivity index is 2.51. The van der Waals surface area contributed by atoms with Gasteiger partial charge in [-0.25, -0.2) is 0 Å². The van der Waals surface area contributed by atoms with Crippen molar-refractivity contribution in [3.8, 4) is 0 Å². The molecule has 5 heteroatoms. The molecule has 0 saturated heterocycles. The molecule has 0 radical (unpaired) electrons. The number of aromatic nitrogens is 2. The van der Waals surface area contributed by atoms with Crippen LogP contribution in [0.5, 0.6) is 0 Å². The van der Waals surface area contributed by atoms with Crippen LogP contribution in [0, 0.1) is 0 Å². The Kier molecular flexibility index (Phi) is 5.64. The predicted molar refractivity (Wildman–Crippen MR) is 79.7 cm³/mol. The van der Waals surface area contributed by atoms with Gasteiger partial charge in [-0.05, 0) is 18.1 Å². The molecule has 0 atom stereocenters. The second kappa shape index (κ2) is 6.59. The summed E-state index contributed by atoms with van der Waals surface area (Å²) in [4.78, 5) is 8.61. The van der Waals surface area contributed by atoms with E-state index in [2.05, 4.69) is 43.8 Å². The first-order valence-corrected chi connectivity index (χ1v) is 9.72. The highest BCUT2D eigenvalue weighted by atomic mass is 28.4. The smallest absolute Gasteiger partial charge is 0.191 e. The van der Waals surface area contributed by atoms with Crippen LogP contribution >= 0.6 is 0 Å². The van der Waals surface area contributed by atoms with Crippen LogP contribution in [0.2, 0.25) is 18.1 Å². The van der Waals surface area contributed by atoms with Gasteiger partial charge in [0.25, 0.3) is 0 Å². The Morgan fingerprint density at radius 2 is 1.74 bits per heavy atom. The molecule has 0 aliphatic carbocycles. The van der Waals surface area contributed by atoms with Crippen LogP contribution in [-0.4, -0.2) is 36.6 Å². The lowest BCUT2D eigenvalue weighted by Gasteiger charge is -2.36. The molecule has 1 aromatic heterocycles. The molecule has 1 heterocycles. The lowest BCUT2D eigenvalue weighted by molar-refractivity contribution is 0.289. The van der Waals surface area contributed by atoms with Gasteiger partial charge < -0.3 is 9.53 Å². The normalized spacial score (nSPS) is 12.7. The van der Waals surface area contributed by atoms with Gasteiger partial charge in [0.1, 0.15) is 0 Å². The Morgan fingerprint density at radius 3 is 2.26 bits per heavy atom. The molecule has 1 rings (SSSR count). The maximum atomic E-state index is 8.90. The first kappa shape index (κ1) is 16.3. The zero-order valence-corrected chi connectivity index (χ0v) is 13.7. The predicted octanol–water partition coefficient (Wildman–Crippen LogP) is 2.58. The van der Waals surface area contributed by atoms with Gasteiger partial charge in [-0.2, -0.15) is 0 Å². The fourth-order valence-electron chi connectivity index (χ4n) is 1.43. The summed E-state index contributed by atoms with van der Waals surface area (Å²) in [5.41, 5.74) is 1.77. The van der Waals surface area contributed by atoms with Crippen LogP contribution < -0.4 is 0 Å². The van der Waals surface area contributed by atoms with E-state index in [1.54, 1.807) is 12.4 Å². The van der Waals surface area contributed by atoms with Gasteiger partial charge in [-0.1, -0.05) is 20.8 Å². The summed E-state index contributed by atoms with van der Waals surface area (Å²) in [5.74, 6) is 0. The molecule has 4 nitrogen and oxygen atoms in total. The Bertz CT molecular complexity index is 403. The fourth-order valence-corrected chi connectivity index (χ4v) is 2.48. The maximum absolute atomic E-state index is 8.90. The third-order valence-corrected chi connectivity index (χ3v) is 8.27. The van der Waals surface area contributed by atoms with Crippen molar-refractivity contribution >= 4 is 8.32 Å². The van der Waals surface area contributed by atoms with E-state index in [1.165, 1.54) is 0 Å². The van der Waals surface area contributed by atoms with E-state index < -0.39 is 8.32 Å². The highest BCUT2D eigenvalue weighted by Gasteiger charge is 2.36. The van der Waals surface area contributed by atoms with E-state index >= 15 is 0 Å². The van der Waals surface area contributed by atoms with Crippen LogP contribution in [0.3, 0.4) is 0 Å². The molecule has 108 valence electrons. The zero-order valence-electron chi connectivity index (χ0n) is 12.7. The van der Waals surface area contributed by atoms with Crippen molar-refractivity contribution in [2.45, 2.75) is 51.7 Å². The monoisotopic (exact) mass is 282 g/mol. The summed E-state index contributed by atoms with van der Waals surface area (Å²) >= 11 is 0. The van der Waals surface area contributed by atoms with Crippen LogP contribution in [0.1, 0.15) is 32.2 Å². The van der Waals surface area contributed by atoms with Gasteiger partial charge in [0, 0.05) is 38.4 Å². The lowest BCUT2D eigenvalue weighted by atomic mass is 10.2. The van der Waals surface area contributed by atoms with E-state index in [-0.39, 0.29) is 11.6 Å². The van der Waals surface area contributed by atoms with Crippen LogP contribution in [0.15, 0.2) is 12.4 Å². The Morgan fingerprint density at radius 1 is 1.16 bits per heavy atom. The van der Waals surface area contributed by atoms with Gasteiger partial charge in [-0.15, -0.1) is 0 Å². The van der Waals surface area contributed by atoms with Crippen LogP contribution in [-0.2, 0) is 17.3 Å². The molecule has 0 amide bonds. The molecular weight excluding hydrogens is 256 g/mol. The molecule has 0 aliphatic heterocycles. The molecule has 1 N–H and O–H groups in total. The maximum Gasteiger partial charge on any atom is 0.191 e. The molecule has 0 saturated carbocycles. The van der Waals surface area contributed by atoms with E-state index in [0.29, 0.717) is 13.0 Å². The number of aliphatic hydroxyl groups excluding tert-OH is 1. The van der Waals surface area contributed by atoms with E-state index in [9.17, 15) is 0 Å². The topological polar surface area (TPSA) is 55.2 Å². The SMILES string of the molecule is CC(C)(C)[Si](C)(C)OCCc1cncc(CCO)n1. The molecule has 0 unspecified atom stereocenters. The molecule has 0 bridgehead atoms. The third-order valence-electron chi connectivity index (χ3n) is 3.73. The van der Waals surface area contributed by atoms with Crippen molar-refractivity contribution in [2.75, 3.05) is 13.2 Å². The minimum atomic E-state index is -1.68. The summed E-state index contributed by atoms with van der Waals surface area (Å²) in [7, 11) is -1.68. The first-order chi connectivity index (χ1) is 8.76. The molecular formula is C14H26N2O2Si. The molecule has 0 spiro atoms. The number of hydrogen-bond acceptors (Lipinski definition) is 4. The summed E-state index contributed by atoms with van der Waals surface area (Å²) in [6, 6.07) is 0. The molecule has 0 fully saturated rings. The number of nitrogens with zero attached hydrogens (tertiary/aromatic N) is 2. The van der Waals surface area contributed by atoms with Crippen molar-refractivity contribution in [3.05, 3.63) is 23.8 Å². The van der Waals surface area contributed by atoms with Gasteiger partial charge in [-0.3, -0.25) is 9.97 Å². The number of aliphatic hydroxyl groups is 1. The minimum Gasteiger partial charge on any atom is -0.416 e. The summed E-state index contributed by atoms with van der Waals surface area (Å²) in [6.45, 7) is 12.0. The van der Waals surface area contributed by atoms with Crippen molar-refractivity contribution in [1.82, 2.24) is 9.97 Å². The van der Waals surface area contributed by atoms with Crippen molar-refractivity contribution < 1.29 is 9.53 Å². The average molecular weight is 282 g/mol. The molecule has 0 aromatic carbocycles. The van der Waals surface area contributed by atoms with Crippen molar-refractivity contribution in [1.29, 1.82) is 0 Å². The van der Waals surface area contributed by atoms with Gasteiger partial charge >= 0.3 is 0 Å². The van der Waals surface area contributed by atoms with E-state index in [1.807, 2.05) is 0 Å². The van der Waals surface area contributed by atoms with Crippen molar-refractivity contribution in [3.63, 3.8) is 0 Å². The van der Waals surface area contributed by atoms with E-state index in [0.717, 1.165) is 17.8 Å². The average Bonchev–Trinajstić information content (AvgIpc) is 2.28. The Hall–Kier alpha value is -0.783. The molecule has 0 aliphatic rings. The van der Waals surface area contributed by atoms with E-state index in [4.69, 9.17) is 9.53 Å². The molecule has 1 aromatic rings. The minimum absolute atomic E-state index is 0.110. The highest BCUT2D eigenvalue weighted by Crippen LogP contribution is 2.36. The standard InChI is InChI=1S/C14H26N2O2Si/c1-14(2,3)19(4,5)18-9-7-13-11-15-10-12(16-13)6-8-17/h10-11,17H,6-9H2,1-5H3. The summed E-state index contributed by atoms with van der Waals surface area (Å²) < 4.78 is 6.12. The number of hydrogen-bond donors (Lipinski definition) is 1. The largest absolute Gasteiger partial charge is 0.416 e. The second-order valence-electron chi connectivity index (χ2n) is 6.33. The zero-order chi connectivity index (χ0) is 14.5.